The third kappa shape index (κ3) is 2.64. The summed E-state index contributed by atoms with van der Waals surface area (Å²) in [6.07, 6.45) is 2.96. The molecule has 0 bridgehead atoms. The molecule has 16 heavy (non-hydrogen) atoms. The number of nitrogens with zero attached hydrogens (tertiary/aromatic N) is 1. The Morgan fingerprint density at radius 2 is 2.25 bits per heavy atom. The van der Waals surface area contributed by atoms with E-state index in [-0.39, 0.29) is 11.7 Å². The summed E-state index contributed by atoms with van der Waals surface area (Å²) in [5, 5.41) is 0. The topological polar surface area (TPSA) is 20.3 Å². The van der Waals surface area contributed by atoms with E-state index in [1.807, 2.05) is 0 Å². The zero-order chi connectivity index (χ0) is 11.4. The summed E-state index contributed by atoms with van der Waals surface area (Å²) in [5.41, 5.74) is 0.447. The molecule has 1 heterocycles. The van der Waals surface area contributed by atoms with E-state index in [2.05, 4.69) is 0 Å². The van der Waals surface area contributed by atoms with Crippen molar-refractivity contribution in [3.05, 3.63) is 41.7 Å². The molecule has 0 atom stereocenters. The fourth-order valence-corrected chi connectivity index (χ4v) is 2.42. The Labute approximate surface area is 98.1 Å². The zero-order valence-corrected chi connectivity index (χ0v) is 9.54. The standard InChI is InChI=1S/C12H12FNOS/c13-11-4-2-1-3-10(11)5-6-12(15)14-7-8-16-9-14/h1-6H,7-9H2/b6-5+. The average Bonchev–Trinajstić information content (AvgIpc) is 2.81. The van der Waals surface area contributed by atoms with Crippen molar-refractivity contribution in [2.75, 3.05) is 18.2 Å². The molecule has 0 aliphatic carbocycles. The van der Waals surface area contributed by atoms with Gasteiger partial charge in [0.05, 0.1) is 5.88 Å². The molecule has 4 heteroatoms. The number of halogens is 1. The number of carbonyl (C=O) groups is 1. The highest BCUT2D eigenvalue weighted by molar-refractivity contribution is 7.99. The van der Waals surface area contributed by atoms with Gasteiger partial charge in [0.2, 0.25) is 5.91 Å². The van der Waals surface area contributed by atoms with Crippen LogP contribution in [0.3, 0.4) is 0 Å². The minimum Gasteiger partial charge on any atom is -0.329 e. The molecule has 0 saturated carbocycles. The molecule has 2 nitrogen and oxygen atoms in total. The molecule has 1 aliphatic rings. The Bertz CT molecular complexity index is 413. The summed E-state index contributed by atoms with van der Waals surface area (Å²) >= 11 is 1.73. The second-order valence-corrected chi connectivity index (χ2v) is 4.57. The molecular formula is C12H12FNOS. The van der Waals surface area contributed by atoms with E-state index < -0.39 is 0 Å². The highest BCUT2D eigenvalue weighted by Gasteiger charge is 2.15. The Morgan fingerprint density at radius 1 is 1.44 bits per heavy atom. The summed E-state index contributed by atoms with van der Waals surface area (Å²) in [7, 11) is 0. The van der Waals surface area contributed by atoms with Gasteiger partial charge in [-0.25, -0.2) is 4.39 Å². The molecule has 0 aromatic heterocycles. The van der Waals surface area contributed by atoms with E-state index >= 15 is 0 Å². The van der Waals surface area contributed by atoms with Gasteiger partial charge in [0.15, 0.2) is 0 Å². The predicted molar refractivity (Wildman–Crippen MR) is 64.5 cm³/mol. The van der Waals surface area contributed by atoms with E-state index in [1.165, 1.54) is 18.2 Å². The first kappa shape index (κ1) is 11.2. The van der Waals surface area contributed by atoms with Crippen molar-refractivity contribution in [3.8, 4) is 0 Å². The first-order valence-electron chi connectivity index (χ1n) is 5.06. The molecule has 1 aromatic rings. The molecule has 1 fully saturated rings. The van der Waals surface area contributed by atoms with Gasteiger partial charge in [-0.1, -0.05) is 18.2 Å². The van der Waals surface area contributed by atoms with Crippen molar-refractivity contribution in [3.63, 3.8) is 0 Å². The number of hydrogen-bond acceptors (Lipinski definition) is 2. The van der Waals surface area contributed by atoms with Crippen LogP contribution in [0.4, 0.5) is 4.39 Å². The Balaban J connectivity index is 2.03. The monoisotopic (exact) mass is 237 g/mol. The maximum Gasteiger partial charge on any atom is 0.247 e. The van der Waals surface area contributed by atoms with E-state index in [0.29, 0.717) is 5.56 Å². The summed E-state index contributed by atoms with van der Waals surface area (Å²) in [6.45, 7) is 0.783. The van der Waals surface area contributed by atoms with Crippen LogP contribution in [0, 0.1) is 5.82 Å². The lowest BCUT2D eigenvalue weighted by molar-refractivity contribution is -0.124. The number of thioether (sulfide) groups is 1. The van der Waals surface area contributed by atoms with Crippen LogP contribution in [-0.4, -0.2) is 29.0 Å². The summed E-state index contributed by atoms with van der Waals surface area (Å²) in [5.74, 6) is 1.37. The first-order valence-corrected chi connectivity index (χ1v) is 6.22. The maximum atomic E-state index is 13.2. The van der Waals surface area contributed by atoms with Gasteiger partial charge in [0, 0.05) is 23.9 Å². The lowest BCUT2D eigenvalue weighted by Crippen LogP contribution is -2.25. The molecule has 84 valence electrons. The van der Waals surface area contributed by atoms with Crippen molar-refractivity contribution in [2.24, 2.45) is 0 Å². The van der Waals surface area contributed by atoms with Crippen LogP contribution in [0.15, 0.2) is 30.3 Å². The maximum absolute atomic E-state index is 13.2. The summed E-state index contributed by atoms with van der Waals surface area (Å²) < 4.78 is 13.2. The first-order chi connectivity index (χ1) is 7.77. The zero-order valence-electron chi connectivity index (χ0n) is 8.73. The van der Waals surface area contributed by atoms with Crippen LogP contribution >= 0.6 is 11.8 Å². The molecule has 2 rings (SSSR count). The van der Waals surface area contributed by atoms with Crippen molar-refractivity contribution in [1.82, 2.24) is 4.90 Å². The van der Waals surface area contributed by atoms with Gasteiger partial charge in [-0.05, 0) is 12.1 Å². The lowest BCUT2D eigenvalue weighted by atomic mass is 10.2. The molecule has 1 aromatic carbocycles. The lowest BCUT2D eigenvalue weighted by Gasteiger charge is -2.10. The highest BCUT2D eigenvalue weighted by atomic mass is 32.2. The van der Waals surface area contributed by atoms with Crippen LogP contribution in [0.1, 0.15) is 5.56 Å². The number of rotatable bonds is 2. The number of hydrogen-bond donors (Lipinski definition) is 0. The van der Waals surface area contributed by atoms with Gasteiger partial charge in [0.25, 0.3) is 0 Å². The smallest absolute Gasteiger partial charge is 0.247 e. The fourth-order valence-electron chi connectivity index (χ4n) is 1.46. The summed E-state index contributed by atoms with van der Waals surface area (Å²) in [4.78, 5) is 13.4. The Hall–Kier alpha value is -1.29. The second-order valence-electron chi connectivity index (χ2n) is 3.49. The van der Waals surface area contributed by atoms with E-state index in [4.69, 9.17) is 0 Å². The fraction of sp³-hybridized carbons (Fsp3) is 0.250. The largest absolute Gasteiger partial charge is 0.329 e. The minimum atomic E-state index is -0.303. The average molecular weight is 237 g/mol. The molecule has 1 saturated heterocycles. The quantitative estimate of drug-likeness (QED) is 0.736. The van der Waals surface area contributed by atoms with Crippen molar-refractivity contribution in [1.29, 1.82) is 0 Å². The molecule has 1 aliphatic heterocycles. The highest BCUT2D eigenvalue weighted by Crippen LogP contribution is 2.14. The molecule has 0 unspecified atom stereocenters. The number of carbonyl (C=O) groups excluding carboxylic acids is 1. The predicted octanol–water partition coefficient (Wildman–Crippen LogP) is 2.37. The SMILES string of the molecule is O=C(/C=C/c1ccccc1F)N1CCSC1. The normalized spacial score (nSPS) is 15.9. The van der Waals surface area contributed by atoms with E-state index in [0.717, 1.165) is 18.2 Å². The minimum absolute atomic E-state index is 0.0479. The van der Waals surface area contributed by atoms with Crippen LogP contribution in [0.25, 0.3) is 6.08 Å². The Kier molecular flexibility index (Phi) is 3.62. The molecule has 0 radical (unpaired) electrons. The van der Waals surface area contributed by atoms with Gasteiger partial charge >= 0.3 is 0 Å². The van der Waals surface area contributed by atoms with Crippen molar-refractivity contribution in [2.45, 2.75) is 0 Å². The second kappa shape index (κ2) is 5.16. The Morgan fingerprint density at radius 3 is 2.94 bits per heavy atom. The van der Waals surface area contributed by atoms with Gasteiger partial charge < -0.3 is 4.90 Å². The van der Waals surface area contributed by atoms with Crippen LogP contribution < -0.4 is 0 Å². The van der Waals surface area contributed by atoms with Gasteiger partial charge in [-0.2, -0.15) is 0 Å². The third-order valence-corrected chi connectivity index (χ3v) is 3.34. The molecule has 0 N–H and O–H groups in total. The van der Waals surface area contributed by atoms with E-state index in [9.17, 15) is 9.18 Å². The van der Waals surface area contributed by atoms with Crippen LogP contribution in [-0.2, 0) is 4.79 Å². The van der Waals surface area contributed by atoms with Crippen molar-refractivity contribution < 1.29 is 9.18 Å². The third-order valence-electron chi connectivity index (χ3n) is 2.38. The van der Waals surface area contributed by atoms with Gasteiger partial charge in [-0.3, -0.25) is 4.79 Å². The molecular weight excluding hydrogens is 225 g/mol. The van der Waals surface area contributed by atoms with Crippen LogP contribution in [0.2, 0.25) is 0 Å². The van der Waals surface area contributed by atoms with E-state index in [1.54, 1.807) is 34.9 Å². The van der Waals surface area contributed by atoms with Gasteiger partial charge in [0.1, 0.15) is 5.82 Å². The number of benzene rings is 1. The van der Waals surface area contributed by atoms with Crippen LogP contribution in [0.5, 0.6) is 0 Å². The van der Waals surface area contributed by atoms with Gasteiger partial charge in [-0.15, -0.1) is 11.8 Å². The number of amides is 1. The summed E-state index contributed by atoms with van der Waals surface area (Å²) in [6, 6.07) is 6.41. The molecule has 0 spiro atoms. The molecule has 1 amide bonds. The van der Waals surface area contributed by atoms with Crippen molar-refractivity contribution >= 4 is 23.7 Å².